The Kier molecular flexibility index (Phi) is 5.19. The molecule has 4 heteroatoms. The van der Waals surface area contributed by atoms with Gasteiger partial charge >= 0.3 is 0 Å². The van der Waals surface area contributed by atoms with Crippen LogP contribution < -0.4 is 5.32 Å². The Bertz CT molecular complexity index is 304. The predicted molar refractivity (Wildman–Crippen MR) is 68.9 cm³/mol. The average molecular weight is 242 g/mol. The zero-order valence-electron chi connectivity index (χ0n) is 9.89. The van der Waals surface area contributed by atoms with Gasteiger partial charge in [0.1, 0.15) is 0 Å². The number of hydrogen-bond acceptors (Lipinski definition) is 3. The second-order valence-electron chi connectivity index (χ2n) is 4.20. The molecule has 1 N–H and O–H groups in total. The lowest BCUT2D eigenvalue weighted by Crippen LogP contribution is -2.31. The normalized spacial score (nSPS) is 22.8. The number of nitrogens with zero attached hydrogens (tertiary/aromatic N) is 2. The van der Waals surface area contributed by atoms with Gasteiger partial charge in [-0.25, -0.2) is 0 Å². The summed E-state index contributed by atoms with van der Waals surface area (Å²) in [7, 11) is 2.04. The van der Waals surface area contributed by atoms with Gasteiger partial charge in [0.05, 0.1) is 5.69 Å². The van der Waals surface area contributed by atoms with Crippen molar-refractivity contribution < 1.29 is 0 Å². The Morgan fingerprint density at radius 3 is 2.88 bits per heavy atom. The molecule has 1 aliphatic heterocycles. The first-order chi connectivity index (χ1) is 7.31. The van der Waals surface area contributed by atoms with Gasteiger partial charge in [0.2, 0.25) is 0 Å². The zero-order valence-corrected chi connectivity index (χ0v) is 10.7. The number of likely N-dealkylation sites (N-methyl/N-ethyl adjacent to an activating group) is 1. The van der Waals surface area contributed by atoms with Crippen LogP contribution >= 0.6 is 12.4 Å². The summed E-state index contributed by atoms with van der Waals surface area (Å²) in [6.45, 7) is 4.54. The highest BCUT2D eigenvalue weighted by Crippen LogP contribution is 2.22. The first-order valence-corrected chi connectivity index (χ1v) is 5.63. The number of pyridine rings is 1. The lowest BCUT2D eigenvalue weighted by atomic mass is 10.2. The first kappa shape index (κ1) is 13.4. The van der Waals surface area contributed by atoms with Crippen LogP contribution in [0.5, 0.6) is 0 Å². The van der Waals surface area contributed by atoms with Crippen LogP contribution in [0.2, 0.25) is 0 Å². The lowest BCUT2D eigenvalue weighted by Gasteiger charge is -2.23. The van der Waals surface area contributed by atoms with E-state index >= 15 is 0 Å². The summed E-state index contributed by atoms with van der Waals surface area (Å²) < 4.78 is 0. The van der Waals surface area contributed by atoms with Crippen molar-refractivity contribution in [2.75, 3.05) is 20.1 Å². The molecule has 1 saturated heterocycles. The monoisotopic (exact) mass is 241 g/mol. The summed E-state index contributed by atoms with van der Waals surface area (Å²) in [5, 5.41) is 3.34. The third kappa shape index (κ3) is 2.94. The molecule has 0 bridgehead atoms. The molecule has 2 unspecified atom stereocenters. The fourth-order valence-electron chi connectivity index (χ4n) is 2.18. The molecule has 0 saturated carbocycles. The van der Waals surface area contributed by atoms with Gasteiger partial charge in [-0.05, 0) is 32.5 Å². The predicted octanol–water partition coefficient (Wildman–Crippen LogP) is 1.86. The Labute approximate surface area is 104 Å². The highest BCUT2D eigenvalue weighted by Gasteiger charge is 2.25. The van der Waals surface area contributed by atoms with Crippen molar-refractivity contribution in [2.45, 2.75) is 25.4 Å². The standard InChI is InChI=1S/C12H19N3.ClH/c1-10(12-5-3-4-7-14-12)15-8-6-11(9-15)13-2;/h3-5,7,10-11,13H,6,8-9H2,1-2H3;1H. The quantitative estimate of drug-likeness (QED) is 0.876. The molecule has 0 aromatic carbocycles. The molecule has 1 aromatic rings. The fourth-order valence-corrected chi connectivity index (χ4v) is 2.18. The van der Waals surface area contributed by atoms with Crippen molar-refractivity contribution in [2.24, 2.45) is 0 Å². The van der Waals surface area contributed by atoms with E-state index in [1.54, 1.807) is 0 Å². The van der Waals surface area contributed by atoms with E-state index in [1.165, 1.54) is 18.7 Å². The lowest BCUT2D eigenvalue weighted by molar-refractivity contribution is 0.252. The van der Waals surface area contributed by atoms with Crippen LogP contribution in [0, 0.1) is 0 Å². The molecule has 1 aliphatic rings. The largest absolute Gasteiger partial charge is 0.316 e. The van der Waals surface area contributed by atoms with Crippen molar-refractivity contribution in [3.05, 3.63) is 30.1 Å². The van der Waals surface area contributed by atoms with Gasteiger partial charge in [0.25, 0.3) is 0 Å². The molecular weight excluding hydrogens is 222 g/mol. The maximum absolute atomic E-state index is 4.41. The van der Waals surface area contributed by atoms with Gasteiger partial charge in [0.15, 0.2) is 0 Å². The Morgan fingerprint density at radius 1 is 1.50 bits per heavy atom. The summed E-state index contributed by atoms with van der Waals surface area (Å²) in [6, 6.07) is 7.22. The molecule has 1 aromatic heterocycles. The van der Waals surface area contributed by atoms with E-state index in [-0.39, 0.29) is 12.4 Å². The van der Waals surface area contributed by atoms with E-state index in [1.807, 2.05) is 19.3 Å². The number of halogens is 1. The molecule has 2 heterocycles. The average Bonchev–Trinajstić information content (AvgIpc) is 2.78. The van der Waals surface area contributed by atoms with Crippen LogP contribution in [0.3, 0.4) is 0 Å². The number of aromatic nitrogens is 1. The first-order valence-electron chi connectivity index (χ1n) is 5.63. The SMILES string of the molecule is CNC1CCN(C(C)c2ccccn2)C1.Cl. The number of hydrogen-bond donors (Lipinski definition) is 1. The maximum Gasteiger partial charge on any atom is 0.0572 e. The van der Waals surface area contributed by atoms with Crippen LogP contribution in [-0.2, 0) is 0 Å². The van der Waals surface area contributed by atoms with Crippen molar-refractivity contribution in [1.29, 1.82) is 0 Å². The van der Waals surface area contributed by atoms with Gasteiger partial charge in [-0.1, -0.05) is 6.07 Å². The van der Waals surface area contributed by atoms with E-state index < -0.39 is 0 Å². The van der Waals surface area contributed by atoms with Crippen molar-refractivity contribution >= 4 is 12.4 Å². The van der Waals surface area contributed by atoms with Gasteiger partial charge in [-0.15, -0.1) is 12.4 Å². The summed E-state index contributed by atoms with van der Waals surface area (Å²) in [4.78, 5) is 6.90. The van der Waals surface area contributed by atoms with Crippen LogP contribution in [0.25, 0.3) is 0 Å². The van der Waals surface area contributed by atoms with E-state index in [0.29, 0.717) is 12.1 Å². The third-order valence-corrected chi connectivity index (χ3v) is 3.29. The fraction of sp³-hybridized carbons (Fsp3) is 0.583. The van der Waals surface area contributed by atoms with E-state index in [0.717, 1.165) is 6.54 Å². The zero-order chi connectivity index (χ0) is 10.7. The minimum absolute atomic E-state index is 0. The molecule has 0 amide bonds. The van der Waals surface area contributed by atoms with Crippen LogP contribution in [-0.4, -0.2) is 36.1 Å². The topological polar surface area (TPSA) is 28.2 Å². The van der Waals surface area contributed by atoms with Crippen molar-refractivity contribution in [3.8, 4) is 0 Å². The van der Waals surface area contributed by atoms with Crippen LogP contribution in [0.4, 0.5) is 0 Å². The van der Waals surface area contributed by atoms with E-state index in [4.69, 9.17) is 0 Å². The smallest absolute Gasteiger partial charge is 0.0572 e. The van der Waals surface area contributed by atoms with Crippen molar-refractivity contribution in [3.63, 3.8) is 0 Å². The molecule has 2 atom stereocenters. The van der Waals surface area contributed by atoms with Gasteiger partial charge in [-0.2, -0.15) is 0 Å². The second-order valence-corrected chi connectivity index (χ2v) is 4.20. The number of likely N-dealkylation sites (tertiary alicyclic amines) is 1. The summed E-state index contributed by atoms with van der Waals surface area (Å²) in [5.41, 5.74) is 1.18. The highest BCUT2D eigenvalue weighted by molar-refractivity contribution is 5.85. The van der Waals surface area contributed by atoms with Gasteiger partial charge in [0, 0.05) is 31.4 Å². The van der Waals surface area contributed by atoms with Crippen LogP contribution in [0.1, 0.15) is 25.1 Å². The summed E-state index contributed by atoms with van der Waals surface area (Å²) in [5.74, 6) is 0. The molecule has 3 nitrogen and oxygen atoms in total. The molecule has 90 valence electrons. The highest BCUT2D eigenvalue weighted by atomic mass is 35.5. The van der Waals surface area contributed by atoms with Gasteiger partial charge < -0.3 is 5.32 Å². The Balaban J connectivity index is 0.00000128. The van der Waals surface area contributed by atoms with Gasteiger partial charge in [-0.3, -0.25) is 9.88 Å². The van der Waals surface area contributed by atoms with E-state index in [2.05, 4.69) is 34.3 Å². The molecule has 2 rings (SSSR count). The Hall–Kier alpha value is -0.640. The van der Waals surface area contributed by atoms with Crippen molar-refractivity contribution in [1.82, 2.24) is 15.2 Å². The molecule has 1 fully saturated rings. The minimum atomic E-state index is 0. The minimum Gasteiger partial charge on any atom is -0.316 e. The maximum atomic E-state index is 4.41. The molecule has 16 heavy (non-hydrogen) atoms. The molecule has 0 aliphatic carbocycles. The number of nitrogens with one attached hydrogen (secondary N) is 1. The second kappa shape index (κ2) is 6.18. The number of rotatable bonds is 3. The molecule has 0 radical (unpaired) electrons. The summed E-state index contributed by atoms with van der Waals surface area (Å²) in [6.07, 6.45) is 3.12. The molecule has 0 spiro atoms. The third-order valence-electron chi connectivity index (χ3n) is 3.29. The summed E-state index contributed by atoms with van der Waals surface area (Å²) >= 11 is 0. The Morgan fingerprint density at radius 2 is 2.31 bits per heavy atom. The van der Waals surface area contributed by atoms with E-state index in [9.17, 15) is 0 Å². The molecular formula is C12H20ClN3. The van der Waals surface area contributed by atoms with Crippen LogP contribution in [0.15, 0.2) is 24.4 Å².